The zero-order valence-corrected chi connectivity index (χ0v) is 13.3. The van der Waals surface area contributed by atoms with Crippen LogP contribution in [0.1, 0.15) is 36.2 Å². The molecule has 0 atom stereocenters. The van der Waals surface area contributed by atoms with Gasteiger partial charge >= 0.3 is 0 Å². The van der Waals surface area contributed by atoms with E-state index in [1.807, 2.05) is 7.05 Å². The van der Waals surface area contributed by atoms with Crippen molar-refractivity contribution in [1.29, 1.82) is 0 Å². The van der Waals surface area contributed by atoms with Crippen molar-refractivity contribution >= 4 is 11.5 Å². The Kier molecular flexibility index (Phi) is 4.91. The van der Waals surface area contributed by atoms with Crippen LogP contribution in [-0.2, 0) is 19.4 Å². The molecule has 21 heavy (non-hydrogen) atoms. The number of aromatic nitrogens is 2. The van der Waals surface area contributed by atoms with Gasteiger partial charge in [0, 0.05) is 24.8 Å². The zero-order valence-electron chi connectivity index (χ0n) is 13.3. The van der Waals surface area contributed by atoms with Gasteiger partial charge in [0.25, 0.3) is 0 Å². The normalized spacial score (nSPS) is 10.7. The molecule has 4 heteroatoms. The van der Waals surface area contributed by atoms with Crippen LogP contribution in [0.4, 0.5) is 11.5 Å². The number of aryl methyl sites for hydroxylation is 2. The van der Waals surface area contributed by atoms with Crippen molar-refractivity contribution in [1.82, 2.24) is 10.2 Å². The van der Waals surface area contributed by atoms with Gasteiger partial charge in [-0.3, -0.25) is 0 Å². The van der Waals surface area contributed by atoms with Crippen LogP contribution in [0.5, 0.6) is 0 Å². The predicted molar refractivity (Wildman–Crippen MR) is 87.9 cm³/mol. The summed E-state index contributed by atoms with van der Waals surface area (Å²) in [7, 11) is 2.01. The van der Waals surface area contributed by atoms with E-state index in [2.05, 4.69) is 60.1 Å². The molecule has 0 aliphatic carbocycles. The fourth-order valence-electron chi connectivity index (χ4n) is 2.61. The van der Waals surface area contributed by atoms with E-state index in [-0.39, 0.29) is 0 Å². The quantitative estimate of drug-likeness (QED) is 0.916. The van der Waals surface area contributed by atoms with E-state index in [4.69, 9.17) is 5.73 Å². The lowest BCUT2D eigenvalue weighted by atomic mass is 10.0. The average Bonchev–Trinajstić information content (AvgIpc) is 2.53. The summed E-state index contributed by atoms with van der Waals surface area (Å²) in [5, 5.41) is 8.82. The van der Waals surface area contributed by atoms with Gasteiger partial charge in [-0.05, 0) is 37.5 Å². The molecular weight excluding hydrogens is 260 g/mol. The second-order valence-corrected chi connectivity index (χ2v) is 5.23. The van der Waals surface area contributed by atoms with Crippen molar-refractivity contribution in [3.63, 3.8) is 0 Å². The summed E-state index contributed by atoms with van der Waals surface area (Å²) in [6, 6.07) is 8.39. The molecule has 0 amide bonds. The molecule has 0 bridgehead atoms. The number of nitrogens with zero attached hydrogens (tertiary/aromatic N) is 3. The van der Waals surface area contributed by atoms with E-state index in [9.17, 15) is 0 Å². The molecule has 2 aromatic rings. The molecule has 0 radical (unpaired) electrons. The molecule has 0 aliphatic rings. The molecule has 2 rings (SSSR count). The van der Waals surface area contributed by atoms with Crippen molar-refractivity contribution in [2.75, 3.05) is 11.9 Å². The van der Waals surface area contributed by atoms with Gasteiger partial charge in [-0.15, -0.1) is 5.10 Å². The van der Waals surface area contributed by atoms with Gasteiger partial charge < -0.3 is 10.6 Å². The van der Waals surface area contributed by atoms with Crippen LogP contribution in [0.3, 0.4) is 0 Å². The maximum atomic E-state index is 6.00. The largest absolute Gasteiger partial charge is 0.328 e. The highest BCUT2D eigenvalue weighted by Crippen LogP contribution is 2.28. The summed E-state index contributed by atoms with van der Waals surface area (Å²) in [5.74, 6) is 0.857. The highest BCUT2D eigenvalue weighted by atomic mass is 15.3. The Bertz CT molecular complexity index is 605. The van der Waals surface area contributed by atoms with Gasteiger partial charge in [-0.25, -0.2) is 0 Å². The summed E-state index contributed by atoms with van der Waals surface area (Å²) < 4.78 is 0. The van der Waals surface area contributed by atoms with E-state index in [1.54, 1.807) is 0 Å². The van der Waals surface area contributed by atoms with Crippen LogP contribution in [-0.4, -0.2) is 17.2 Å². The van der Waals surface area contributed by atoms with E-state index >= 15 is 0 Å². The standard InChI is InChI=1S/C17H24N4/c1-5-14-15(11-18)17(20-19-16(14)6-2)21(4)13-9-7-12(3)8-10-13/h7-10H,5-6,11,18H2,1-4H3. The molecular formula is C17H24N4. The number of hydrogen-bond donors (Lipinski definition) is 1. The summed E-state index contributed by atoms with van der Waals surface area (Å²) in [4.78, 5) is 2.06. The van der Waals surface area contributed by atoms with E-state index in [1.165, 1.54) is 11.1 Å². The molecule has 0 spiro atoms. The van der Waals surface area contributed by atoms with Crippen molar-refractivity contribution in [3.8, 4) is 0 Å². The first-order valence-electron chi connectivity index (χ1n) is 7.50. The van der Waals surface area contributed by atoms with Crippen molar-refractivity contribution in [2.45, 2.75) is 40.2 Å². The molecule has 0 saturated heterocycles. The molecule has 0 unspecified atom stereocenters. The summed E-state index contributed by atoms with van der Waals surface area (Å²) in [5.41, 5.74) is 11.7. The van der Waals surface area contributed by atoms with Crippen LogP contribution in [0.25, 0.3) is 0 Å². The number of nitrogens with two attached hydrogens (primary N) is 1. The van der Waals surface area contributed by atoms with Crippen LogP contribution < -0.4 is 10.6 Å². The zero-order chi connectivity index (χ0) is 15.4. The summed E-state index contributed by atoms with van der Waals surface area (Å²) in [6.45, 7) is 6.81. The number of anilines is 2. The fraction of sp³-hybridized carbons (Fsp3) is 0.412. The van der Waals surface area contributed by atoms with Crippen LogP contribution >= 0.6 is 0 Å². The molecule has 112 valence electrons. The molecule has 2 N–H and O–H groups in total. The predicted octanol–water partition coefficient (Wildman–Crippen LogP) is 3.14. The minimum absolute atomic E-state index is 0.483. The molecule has 0 saturated carbocycles. The van der Waals surface area contributed by atoms with Crippen molar-refractivity contribution in [2.24, 2.45) is 5.73 Å². The van der Waals surface area contributed by atoms with Gasteiger partial charge in [0.05, 0.1) is 5.69 Å². The summed E-state index contributed by atoms with van der Waals surface area (Å²) >= 11 is 0. The Morgan fingerprint density at radius 3 is 2.19 bits per heavy atom. The van der Waals surface area contributed by atoms with Crippen molar-refractivity contribution < 1.29 is 0 Å². The lowest BCUT2D eigenvalue weighted by Gasteiger charge is -2.23. The molecule has 4 nitrogen and oxygen atoms in total. The van der Waals surface area contributed by atoms with Gasteiger partial charge in [0.2, 0.25) is 0 Å². The number of benzene rings is 1. The Morgan fingerprint density at radius 2 is 1.67 bits per heavy atom. The summed E-state index contributed by atoms with van der Waals surface area (Å²) in [6.07, 6.45) is 1.82. The first-order chi connectivity index (χ1) is 10.1. The van der Waals surface area contributed by atoms with Crippen LogP contribution in [0, 0.1) is 6.92 Å². The second-order valence-electron chi connectivity index (χ2n) is 5.23. The van der Waals surface area contributed by atoms with Crippen molar-refractivity contribution in [3.05, 3.63) is 46.6 Å². The molecule has 1 aromatic heterocycles. The molecule has 0 aliphatic heterocycles. The van der Waals surface area contributed by atoms with Crippen LogP contribution in [0.2, 0.25) is 0 Å². The third-order valence-electron chi connectivity index (χ3n) is 3.88. The van der Waals surface area contributed by atoms with Gasteiger partial charge in [0.15, 0.2) is 5.82 Å². The number of hydrogen-bond acceptors (Lipinski definition) is 4. The van der Waals surface area contributed by atoms with E-state index in [0.717, 1.165) is 35.6 Å². The van der Waals surface area contributed by atoms with E-state index in [0.29, 0.717) is 6.54 Å². The monoisotopic (exact) mass is 284 g/mol. The van der Waals surface area contributed by atoms with Gasteiger partial charge in [-0.2, -0.15) is 5.10 Å². The third kappa shape index (κ3) is 3.05. The molecule has 0 fully saturated rings. The Morgan fingerprint density at radius 1 is 1.00 bits per heavy atom. The molecule has 1 heterocycles. The van der Waals surface area contributed by atoms with Crippen LogP contribution in [0.15, 0.2) is 24.3 Å². The average molecular weight is 284 g/mol. The molecule has 1 aromatic carbocycles. The lowest BCUT2D eigenvalue weighted by Crippen LogP contribution is -2.19. The number of rotatable bonds is 5. The second kappa shape index (κ2) is 6.68. The highest BCUT2D eigenvalue weighted by Gasteiger charge is 2.17. The Labute approximate surface area is 127 Å². The first-order valence-corrected chi connectivity index (χ1v) is 7.50. The topological polar surface area (TPSA) is 55.0 Å². The Hall–Kier alpha value is -1.94. The van der Waals surface area contributed by atoms with E-state index < -0.39 is 0 Å². The minimum Gasteiger partial charge on any atom is -0.328 e. The lowest BCUT2D eigenvalue weighted by molar-refractivity contribution is 0.832. The SMILES string of the molecule is CCc1nnc(N(C)c2ccc(C)cc2)c(CN)c1CC. The van der Waals surface area contributed by atoms with Gasteiger partial charge in [-0.1, -0.05) is 31.5 Å². The maximum Gasteiger partial charge on any atom is 0.160 e. The highest BCUT2D eigenvalue weighted by molar-refractivity contribution is 5.63. The first kappa shape index (κ1) is 15.4. The minimum atomic E-state index is 0.483. The Balaban J connectivity index is 2.50. The fourth-order valence-corrected chi connectivity index (χ4v) is 2.61. The smallest absolute Gasteiger partial charge is 0.160 e. The maximum absolute atomic E-state index is 6.00. The van der Waals surface area contributed by atoms with Gasteiger partial charge in [0.1, 0.15) is 0 Å². The third-order valence-corrected chi connectivity index (χ3v) is 3.88.